The van der Waals surface area contributed by atoms with Crippen molar-refractivity contribution in [2.75, 3.05) is 25.0 Å². The Hall–Kier alpha value is -1.59. The highest BCUT2D eigenvalue weighted by atomic mass is 16.5. The van der Waals surface area contributed by atoms with E-state index in [4.69, 9.17) is 10.5 Å². The minimum absolute atomic E-state index is 0.257. The van der Waals surface area contributed by atoms with E-state index in [1.54, 1.807) is 0 Å². The van der Waals surface area contributed by atoms with E-state index in [0.717, 1.165) is 38.2 Å². The fourth-order valence-corrected chi connectivity index (χ4v) is 3.20. The molecule has 0 saturated carbocycles. The molecule has 2 atom stereocenters. The molecule has 2 aliphatic heterocycles. The van der Waals surface area contributed by atoms with E-state index in [2.05, 4.69) is 35.3 Å². The molecule has 0 spiro atoms. The van der Waals surface area contributed by atoms with Crippen LogP contribution in [0.15, 0.2) is 18.2 Å². The standard InChI is InChI=1S/C16H23N3O2/c1-11-15(5-7-21-11)18-14-3-2-12-4-6-19(10-16(17)20)9-13(12)8-14/h2-3,8,11,15,18H,4-7,9-10H2,1H3,(H2,17,20)/t11-,15+/m0/s1. The van der Waals surface area contributed by atoms with Crippen molar-refractivity contribution < 1.29 is 9.53 Å². The molecule has 0 radical (unpaired) electrons. The summed E-state index contributed by atoms with van der Waals surface area (Å²) >= 11 is 0. The third-order valence-corrected chi connectivity index (χ3v) is 4.41. The van der Waals surface area contributed by atoms with Crippen molar-refractivity contribution in [3.63, 3.8) is 0 Å². The Bertz CT molecular complexity index is 532. The fourth-order valence-electron chi connectivity index (χ4n) is 3.20. The summed E-state index contributed by atoms with van der Waals surface area (Å²) in [6.07, 6.45) is 2.28. The quantitative estimate of drug-likeness (QED) is 0.871. The number of primary amides is 1. The van der Waals surface area contributed by atoms with Gasteiger partial charge in [0.1, 0.15) is 0 Å². The van der Waals surface area contributed by atoms with Gasteiger partial charge < -0.3 is 15.8 Å². The molecule has 0 aliphatic carbocycles. The molecule has 1 aromatic carbocycles. The summed E-state index contributed by atoms with van der Waals surface area (Å²) in [7, 11) is 0. The maximum atomic E-state index is 11.1. The Morgan fingerprint density at radius 2 is 2.33 bits per heavy atom. The molecule has 1 saturated heterocycles. The van der Waals surface area contributed by atoms with Gasteiger partial charge in [-0.05, 0) is 43.0 Å². The molecule has 21 heavy (non-hydrogen) atoms. The molecule has 0 aromatic heterocycles. The van der Waals surface area contributed by atoms with E-state index < -0.39 is 0 Å². The molecule has 1 amide bonds. The van der Waals surface area contributed by atoms with Crippen LogP contribution < -0.4 is 11.1 Å². The minimum atomic E-state index is -0.260. The number of nitrogens with zero attached hydrogens (tertiary/aromatic N) is 1. The molecule has 1 fully saturated rings. The molecule has 2 aliphatic rings. The molecule has 1 aromatic rings. The first-order valence-electron chi connectivity index (χ1n) is 7.62. The number of nitrogens with two attached hydrogens (primary N) is 1. The van der Waals surface area contributed by atoms with Gasteiger partial charge in [-0.15, -0.1) is 0 Å². The minimum Gasteiger partial charge on any atom is -0.380 e. The summed E-state index contributed by atoms with van der Waals surface area (Å²) in [5.41, 5.74) is 9.09. The van der Waals surface area contributed by atoms with Gasteiger partial charge in [0.25, 0.3) is 0 Å². The van der Waals surface area contributed by atoms with Crippen molar-refractivity contribution in [2.24, 2.45) is 5.73 Å². The van der Waals surface area contributed by atoms with E-state index in [0.29, 0.717) is 12.6 Å². The molecule has 5 heteroatoms. The van der Waals surface area contributed by atoms with Crippen LogP contribution in [0.1, 0.15) is 24.5 Å². The predicted octanol–water partition coefficient (Wildman–Crippen LogP) is 1.12. The monoisotopic (exact) mass is 289 g/mol. The average molecular weight is 289 g/mol. The molecular formula is C16H23N3O2. The zero-order valence-corrected chi connectivity index (χ0v) is 12.5. The second kappa shape index (κ2) is 6.03. The summed E-state index contributed by atoms with van der Waals surface area (Å²) in [4.78, 5) is 13.2. The topological polar surface area (TPSA) is 67.6 Å². The van der Waals surface area contributed by atoms with Gasteiger partial charge in [-0.2, -0.15) is 0 Å². The first-order chi connectivity index (χ1) is 10.1. The number of carbonyl (C=O) groups is 1. The van der Waals surface area contributed by atoms with Gasteiger partial charge in [-0.25, -0.2) is 0 Å². The number of amides is 1. The smallest absolute Gasteiger partial charge is 0.231 e. The summed E-state index contributed by atoms with van der Waals surface area (Å²) in [5.74, 6) is -0.260. The van der Waals surface area contributed by atoms with Gasteiger partial charge in [0.2, 0.25) is 5.91 Å². The van der Waals surface area contributed by atoms with Crippen LogP contribution in [0, 0.1) is 0 Å². The van der Waals surface area contributed by atoms with E-state index in [-0.39, 0.29) is 12.0 Å². The van der Waals surface area contributed by atoms with Gasteiger partial charge in [0.15, 0.2) is 0 Å². The zero-order valence-electron chi connectivity index (χ0n) is 12.5. The van der Waals surface area contributed by atoms with Gasteiger partial charge in [0, 0.05) is 25.4 Å². The first-order valence-corrected chi connectivity index (χ1v) is 7.62. The second-order valence-electron chi connectivity index (χ2n) is 6.03. The Kier molecular flexibility index (Phi) is 4.12. The van der Waals surface area contributed by atoms with Crippen LogP contribution in [0.2, 0.25) is 0 Å². The lowest BCUT2D eigenvalue weighted by Crippen LogP contribution is -2.37. The Morgan fingerprint density at radius 3 is 3.05 bits per heavy atom. The zero-order chi connectivity index (χ0) is 14.8. The van der Waals surface area contributed by atoms with Crippen molar-refractivity contribution in [2.45, 2.75) is 38.5 Å². The lowest BCUT2D eigenvalue weighted by Gasteiger charge is -2.28. The third kappa shape index (κ3) is 3.36. The van der Waals surface area contributed by atoms with E-state index in [9.17, 15) is 4.79 Å². The average Bonchev–Trinajstić information content (AvgIpc) is 2.83. The molecule has 5 nitrogen and oxygen atoms in total. The molecule has 0 unspecified atom stereocenters. The van der Waals surface area contributed by atoms with Crippen molar-refractivity contribution in [1.82, 2.24) is 4.90 Å². The molecular weight excluding hydrogens is 266 g/mol. The van der Waals surface area contributed by atoms with E-state index in [1.807, 2.05) is 0 Å². The Balaban J connectivity index is 1.70. The van der Waals surface area contributed by atoms with Crippen molar-refractivity contribution in [3.05, 3.63) is 29.3 Å². The summed E-state index contributed by atoms with van der Waals surface area (Å²) in [6, 6.07) is 6.93. The number of ether oxygens (including phenoxy) is 1. The molecule has 3 rings (SSSR count). The molecule has 114 valence electrons. The SMILES string of the molecule is C[C@@H]1OCC[C@H]1Nc1ccc2c(c1)CN(CC(N)=O)CC2. The number of hydrogen-bond acceptors (Lipinski definition) is 4. The van der Waals surface area contributed by atoms with Crippen LogP contribution in [0.4, 0.5) is 5.69 Å². The number of anilines is 1. The number of carbonyl (C=O) groups excluding carboxylic acids is 1. The van der Waals surface area contributed by atoms with E-state index >= 15 is 0 Å². The van der Waals surface area contributed by atoms with Crippen LogP contribution in [0.5, 0.6) is 0 Å². The summed E-state index contributed by atoms with van der Waals surface area (Å²) in [5, 5.41) is 3.56. The van der Waals surface area contributed by atoms with Gasteiger partial charge in [0.05, 0.1) is 18.7 Å². The summed E-state index contributed by atoms with van der Waals surface area (Å²) < 4.78 is 5.59. The summed E-state index contributed by atoms with van der Waals surface area (Å²) in [6.45, 7) is 4.97. The first kappa shape index (κ1) is 14.4. The van der Waals surface area contributed by atoms with Crippen LogP contribution in [0.25, 0.3) is 0 Å². The number of fused-ring (bicyclic) bond motifs is 1. The second-order valence-corrected chi connectivity index (χ2v) is 6.03. The largest absolute Gasteiger partial charge is 0.380 e. The van der Waals surface area contributed by atoms with Crippen LogP contribution in [0.3, 0.4) is 0 Å². The maximum absolute atomic E-state index is 11.1. The number of benzene rings is 1. The van der Waals surface area contributed by atoms with E-state index in [1.165, 1.54) is 11.1 Å². The van der Waals surface area contributed by atoms with Crippen LogP contribution in [-0.2, 0) is 22.5 Å². The van der Waals surface area contributed by atoms with Crippen molar-refractivity contribution in [1.29, 1.82) is 0 Å². The normalized spacial score (nSPS) is 25.6. The fraction of sp³-hybridized carbons (Fsp3) is 0.562. The number of nitrogens with one attached hydrogen (secondary N) is 1. The van der Waals surface area contributed by atoms with Crippen molar-refractivity contribution >= 4 is 11.6 Å². The van der Waals surface area contributed by atoms with Gasteiger partial charge in [-0.1, -0.05) is 6.07 Å². The van der Waals surface area contributed by atoms with Crippen molar-refractivity contribution in [3.8, 4) is 0 Å². The Morgan fingerprint density at radius 1 is 1.48 bits per heavy atom. The lowest BCUT2D eigenvalue weighted by atomic mass is 9.98. The highest BCUT2D eigenvalue weighted by molar-refractivity contribution is 5.76. The van der Waals surface area contributed by atoms with Gasteiger partial charge >= 0.3 is 0 Å². The predicted molar refractivity (Wildman–Crippen MR) is 82.1 cm³/mol. The number of hydrogen-bond donors (Lipinski definition) is 2. The van der Waals surface area contributed by atoms with Gasteiger partial charge in [-0.3, -0.25) is 9.69 Å². The number of rotatable bonds is 4. The van der Waals surface area contributed by atoms with Crippen LogP contribution >= 0.6 is 0 Å². The highest BCUT2D eigenvalue weighted by Crippen LogP contribution is 2.25. The molecule has 2 heterocycles. The Labute approximate surface area is 125 Å². The van der Waals surface area contributed by atoms with Crippen LogP contribution in [-0.4, -0.2) is 42.6 Å². The third-order valence-electron chi connectivity index (χ3n) is 4.41. The maximum Gasteiger partial charge on any atom is 0.231 e. The lowest BCUT2D eigenvalue weighted by molar-refractivity contribution is -0.119. The highest BCUT2D eigenvalue weighted by Gasteiger charge is 2.24. The molecule has 3 N–H and O–H groups in total. The molecule has 0 bridgehead atoms.